The Morgan fingerprint density at radius 3 is 1.81 bits per heavy atom. The highest BCUT2D eigenvalue weighted by Crippen LogP contribution is 2.28. The van der Waals surface area contributed by atoms with E-state index in [4.69, 9.17) is 12.2 Å². The summed E-state index contributed by atoms with van der Waals surface area (Å²) in [6.45, 7) is 15.5. The van der Waals surface area contributed by atoms with Crippen LogP contribution in [0.5, 0.6) is 0 Å². The highest BCUT2D eigenvalue weighted by atomic mass is 32.1. The lowest BCUT2D eigenvalue weighted by atomic mass is 9.86. The molecule has 2 heteroatoms. The number of thiol groups is 1. The van der Waals surface area contributed by atoms with Gasteiger partial charge in [-0.2, -0.15) is 0 Å². The fourth-order valence-corrected chi connectivity index (χ4v) is 2.96. The zero-order valence-electron chi connectivity index (χ0n) is 12.4. The van der Waals surface area contributed by atoms with Gasteiger partial charge in [0.1, 0.15) is 0 Å². The van der Waals surface area contributed by atoms with E-state index < -0.39 is 0 Å². The predicted octanol–water partition coefficient (Wildman–Crippen LogP) is 5.21. The van der Waals surface area contributed by atoms with Gasteiger partial charge in [-0.15, -0.1) is 38.9 Å². The quantitative estimate of drug-likeness (QED) is 0.371. The highest BCUT2D eigenvalue weighted by molar-refractivity contribution is 8.11. The van der Waals surface area contributed by atoms with Gasteiger partial charge in [-0.25, -0.2) is 0 Å². The third kappa shape index (κ3) is 4.29. The molecule has 0 heterocycles. The number of thiocarbonyl (C=S) groups is 1. The molecule has 0 aliphatic rings. The van der Waals surface area contributed by atoms with E-state index >= 15 is 0 Å². The molecule has 0 nitrogen and oxygen atoms in total. The lowest BCUT2D eigenvalue weighted by molar-refractivity contribution is 1.04. The van der Waals surface area contributed by atoms with Crippen molar-refractivity contribution in [3.63, 3.8) is 0 Å². The molecule has 0 saturated carbocycles. The lowest BCUT2D eigenvalue weighted by Gasteiger charge is -2.20. The van der Waals surface area contributed by atoms with Crippen LogP contribution in [0, 0.1) is 0 Å². The Morgan fingerprint density at radius 2 is 1.33 bits per heavy atom. The maximum Gasteiger partial charge on any atom is 0.0750 e. The molecule has 0 aliphatic heterocycles. The summed E-state index contributed by atoms with van der Waals surface area (Å²) in [7, 11) is 0. The first-order chi connectivity index (χ1) is 10.1. The topological polar surface area (TPSA) is 0 Å². The van der Waals surface area contributed by atoms with Crippen LogP contribution in [-0.4, -0.2) is 4.20 Å². The van der Waals surface area contributed by atoms with Crippen molar-refractivity contribution in [3.05, 3.63) is 84.5 Å². The average Bonchev–Trinajstić information content (AvgIpc) is 2.44. The Labute approximate surface area is 139 Å². The van der Waals surface area contributed by atoms with Gasteiger partial charge in [-0.1, -0.05) is 36.5 Å². The number of benzene rings is 1. The minimum atomic E-state index is 0.618. The number of hydrogen-bond acceptors (Lipinski definition) is 1. The maximum atomic E-state index is 5.32. The van der Waals surface area contributed by atoms with Crippen molar-refractivity contribution in [2.24, 2.45) is 0 Å². The van der Waals surface area contributed by atoms with Crippen molar-refractivity contribution in [1.82, 2.24) is 0 Å². The van der Waals surface area contributed by atoms with Crippen molar-refractivity contribution < 1.29 is 0 Å². The van der Waals surface area contributed by atoms with E-state index in [1.807, 2.05) is 24.3 Å². The fraction of sp³-hybridized carbons (Fsp3) is 0.211. The van der Waals surface area contributed by atoms with Gasteiger partial charge in [-0.05, 0) is 54.0 Å². The molecule has 0 spiro atoms. The lowest BCUT2D eigenvalue weighted by Crippen LogP contribution is -2.09. The second-order valence-electron chi connectivity index (χ2n) is 4.80. The number of rotatable bonds is 9. The molecule has 1 rings (SSSR count). The molecule has 0 unspecified atom stereocenters. The van der Waals surface area contributed by atoms with Crippen LogP contribution >= 0.6 is 24.8 Å². The SMILES string of the molecule is C=CCc1cc(C(=S)S)c(CC=C)c(CC=C)c1CC=C. The molecule has 21 heavy (non-hydrogen) atoms. The van der Waals surface area contributed by atoms with Crippen LogP contribution in [0.1, 0.15) is 27.8 Å². The maximum absolute atomic E-state index is 5.32. The van der Waals surface area contributed by atoms with E-state index in [2.05, 4.69) is 45.0 Å². The van der Waals surface area contributed by atoms with Gasteiger partial charge in [0.25, 0.3) is 0 Å². The van der Waals surface area contributed by atoms with Crippen molar-refractivity contribution in [1.29, 1.82) is 0 Å². The summed E-state index contributed by atoms with van der Waals surface area (Å²) in [5, 5.41) is 0. The summed E-state index contributed by atoms with van der Waals surface area (Å²) in [4.78, 5) is 0. The first-order valence-electron chi connectivity index (χ1n) is 6.94. The molecule has 0 amide bonds. The van der Waals surface area contributed by atoms with Crippen molar-refractivity contribution >= 4 is 29.0 Å². The Hall–Kier alpha value is -1.38. The first-order valence-corrected chi connectivity index (χ1v) is 7.79. The molecule has 0 N–H and O–H groups in total. The average molecular weight is 315 g/mol. The van der Waals surface area contributed by atoms with Gasteiger partial charge in [0.05, 0.1) is 4.20 Å². The predicted molar refractivity (Wildman–Crippen MR) is 103 cm³/mol. The number of hydrogen-bond donors (Lipinski definition) is 1. The van der Waals surface area contributed by atoms with E-state index in [9.17, 15) is 0 Å². The smallest absolute Gasteiger partial charge is 0.0750 e. The van der Waals surface area contributed by atoms with Crippen LogP contribution in [0.2, 0.25) is 0 Å². The molecular formula is C19H22S2. The zero-order chi connectivity index (χ0) is 15.8. The van der Waals surface area contributed by atoms with Crippen molar-refractivity contribution in [3.8, 4) is 0 Å². The highest BCUT2D eigenvalue weighted by Gasteiger charge is 2.16. The van der Waals surface area contributed by atoms with Crippen LogP contribution in [-0.2, 0) is 25.7 Å². The number of allylic oxidation sites excluding steroid dienone is 4. The normalized spacial score (nSPS) is 9.95. The van der Waals surface area contributed by atoms with E-state index in [1.54, 1.807) is 0 Å². The molecule has 0 aliphatic carbocycles. The van der Waals surface area contributed by atoms with Crippen molar-refractivity contribution in [2.75, 3.05) is 0 Å². The van der Waals surface area contributed by atoms with Crippen LogP contribution < -0.4 is 0 Å². The van der Waals surface area contributed by atoms with Gasteiger partial charge >= 0.3 is 0 Å². The fourth-order valence-electron chi connectivity index (χ4n) is 2.58. The van der Waals surface area contributed by atoms with Crippen molar-refractivity contribution in [2.45, 2.75) is 25.7 Å². The molecule has 1 aromatic carbocycles. The second-order valence-corrected chi connectivity index (χ2v) is 5.95. The third-order valence-corrected chi connectivity index (χ3v) is 3.86. The monoisotopic (exact) mass is 314 g/mol. The van der Waals surface area contributed by atoms with Gasteiger partial charge in [-0.3, -0.25) is 0 Å². The summed E-state index contributed by atoms with van der Waals surface area (Å²) in [5.41, 5.74) is 6.04. The van der Waals surface area contributed by atoms with Gasteiger partial charge in [0, 0.05) is 5.56 Å². The minimum Gasteiger partial charge on any atom is -0.131 e. The summed E-state index contributed by atoms with van der Waals surface area (Å²) in [5.74, 6) is 0. The van der Waals surface area contributed by atoms with E-state index in [0.717, 1.165) is 31.2 Å². The van der Waals surface area contributed by atoms with E-state index in [1.165, 1.54) is 22.3 Å². The van der Waals surface area contributed by atoms with Crippen LogP contribution in [0.3, 0.4) is 0 Å². The van der Waals surface area contributed by atoms with E-state index in [0.29, 0.717) is 4.20 Å². The summed E-state index contributed by atoms with van der Waals surface area (Å²) >= 11 is 9.71. The van der Waals surface area contributed by atoms with E-state index in [-0.39, 0.29) is 0 Å². The molecule has 0 saturated heterocycles. The molecule has 0 radical (unpaired) electrons. The molecule has 1 aromatic rings. The Balaban J connectivity index is 3.71. The second kappa shape index (κ2) is 8.81. The van der Waals surface area contributed by atoms with Gasteiger partial charge in [0.2, 0.25) is 0 Å². The standard InChI is InChI=1S/C19H22S2/c1-5-9-14-13-18(19(20)21)17(12-8-4)16(11-7-3)15(14)10-6-2/h5-8,13H,1-4,9-12H2,(H,20,21). The van der Waals surface area contributed by atoms with Gasteiger partial charge in [0.15, 0.2) is 0 Å². The summed E-state index contributed by atoms with van der Waals surface area (Å²) < 4.78 is 0.618. The van der Waals surface area contributed by atoms with Crippen LogP contribution in [0.4, 0.5) is 0 Å². The largest absolute Gasteiger partial charge is 0.131 e. The molecule has 0 bridgehead atoms. The van der Waals surface area contributed by atoms with Crippen LogP contribution in [0.25, 0.3) is 0 Å². The minimum absolute atomic E-state index is 0.618. The third-order valence-electron chi connectivity index (χ3n) is 3.40. The molecule has 0 fully saturated rings. The summed E-state index contributed by atoms with van der Waals surface area (Å²) in [6, 6.07) is 2.14. The molecule has 0 atom stereocenters. The zero-order valence-corrected chi connectivity index (χ0v) is 14.1. The Morgan fingerprint density at radius 1 is 0.857 bits per heavy atom. The molecule has 0 aromatic heterocycles. The van der Waals surface area contributed by atoms with Crippen LogP contribution in [0.15, 0.2) is 56.7 Å². The Bertz CT molecular complexity index is 580. The Kier molecular flexibility index (Phi) is 7.41. The molecule has 110 valence electrons. The molecular weight excluding hydrogens is 292 g/mol. The summed E-state index contributed by atoms with van der Waals surface area (Å²) in [6.07, 6.45) is 10.9. The first kappa shape index (κ1) is 17.7. The van der Waals surface area contributed by atoms with Gasteiger partial charge < -0.3 is 0 Å².